The molecular formula is C16H24N2O5S2. The van der Waals surface area contributed by atoms with Crippen molar-refractivity contribution < 1.29 is 22.7 Å². The van der Waals surface area contributed by atoms with Gasteiger partial charge in [0.15, 0.2) is 0 Å². The minimum absolute atomic E-state index is 0.00888. The quantitative estimate of drug-likeness (QED) is 0.826. The number of hydrogen-bond acceptors (Lipinski definition) is 6. The van der Waals surface area contributed by atoms with Gasteiger partial charge in [-0.05, 0) is 32.9 Å². The van der Waals surface area contributed by atoms with Crippen molar-refractivity contribution >= 4 is 27.7 Å². The van der Waals surface area contributed by atoms with Crippen LogP contribution in [0.4, 0.5) is 0 Å². The number of amides is 1. The number of hydrogen-bond donors (Lipinski definition) is 1. The van der Waals surface area contributed by atoms with Crippen LogP contribution in [0.3, 0.4) is 0 Å². The second kappa shape index (κ2) is 7.43. The van der Waals surface area contributed by atoms with Gasteiger partial charge < -0.3 is 14.8 Å². The minimum Gasteiger partial charge on any atom is -0.497 e. The van der Waals surface area contributed by atoms with Crippen molar-refractivity contribution in [3.63, 3.8) is 0 Å². The molecule has 140 valence electrons. The Kier molecular flexibility index (Phi) is 5.90. The Morgan fingerprint density at radius 1 is 1.28 bits per heavy atom. The van der Waals surface area contributed by atoms with Gasteiger partial charge in [0.2, 0.25) is 15.9 Å². The third kappa shape index (κ3) is 4.39. The Labute approximate surface area is 153 Å². The molecule has 0 aromatic heterocycles. The van der Waals surface area contributed by atoms with Crippen LogP contribution in [0, 0.1) is 0 Å². The summed E-state index contributed by atoms with van der Waals surface area (Å²) in [5.74, 6) is 0.941. The van der Waals surface area contributed by atoms with Crippen molar-refractivity contribution in [2.45, 2.75) is 37.2 Å². The highest BCUT2D eigenvalue weighted by molar-refractivity contribution is 8.00. The van der Waals surface area contributed by atoms with Crippen LogP contribution in [0.2, 0.25) is 0 Å². The number of carbonyl (C=O) groups excluding carboxylic acids is 1. The van der Waals surface area contributed by atoms with Gasteiger partial charge in [0.1, 0.15) is 22.4 Å². The van der Waals surface area contributed by atoms with Crippen molar-refractivity contribution in [3.8, 4) is 11.5 Å². The smallest absolute Gasteiger partial charge is 0.248 e. The van der Waals surface area contributed by atoms with Crippen molar-refractivity contribution in [2.24, 2.45) is 0 Å². The van der Waals surface area contributed by atoms with Crippen LogP contribution in [0.1, 0.15) is 20.8 Å². The van der Waals surface area contributed by atoms with E-state index in [-0.39, 0.29) is 22.4 Å². The molecule has 0 saturated carbocycles. The number of nitrogens with one attached hydrogen (secondary N) is 1. The molecule has 9 heteroatoms. The molecule has 0 aliphatic carbocycles. The zero-order valence-corrected chi connectivity index (χ0v) is 16.7. The Morgan fingerprint density at radius 3 is 2.52 bits per heavy atom. The number of sulfonamides is 1. The predicted octanol–water partition coefficient (Wildman–Crippen LogP) is 1.68. The fraction of sp³-hybridized carbons (Fsp3) is 0.562. The molecule has 1 fully saturated rings. The second-order valence-corrected chi connectivity index (χ2v) is 9.52. The molecule has 0 spiro atoms. The number of ether oxygens (including phenoxy) is 2. The largest absolute Gasteiger partial charge is 0.497 e. The number of benzene rings is 1. The van der Waals surface area contributed by atoms with Crippen molar-refractivity contribution in [2.75, 3.05) is 25.8 Å². The maximum absolute atomic E-state index is 13.2. The lowest BCUT2D eigenvalue weighted by atomic mass is 10.1. The number of nitrogens with zero attached hydrogens (tertiary/aromatic N) is 1. The number of thioether (sulfide) groups is 1. The molecule has 2 rings (SSSR count). The molecule has 1 aliphatic rings. The van der Waals surface area contributed by atoms with Crippen LogP contribution in [0.5, 0.6) is 11.5 Å². The maximum atomic E-state index is 13.2. The summed E-state index contributed by atoms with van der Waals surface area (Å²) in [5.41, 5.74) is -0.437. The summed E-state index contributed by atoms with van der Waals surface area (Å²) in [7, 11) is -1.05. The lowest BCUT2D eigenvalue weighted by molar-refractivity contribution is -0.125. The van der Waals surface area contributed by atoms with Gasteiger partial charge in [0.25, 0.3) is 0 Å². The van der Waals surface area contributed by atoms with Crippen molar-refractivity contribution in [3.05, 3.63) is 18.2 Å². The van der Waals surface area contributed by atoms with Gasteiger partial charge in [0, 0.05) is 17.4 Å². The minimum atomic E-state index is -3.92. The van der Waals surface area contributed by atoms with Gasteiger partial charge in [0.05, 0.1) is 20.1 Å². The van der Waals surface area contributed by atoms with Crippen molar-refractivity contribution in [1.82, 2.24) is 9.62 Å². The summed E-state index contributed by atoms with van der Waals surface area (Å²) < 4.78 is 37.9. The SMILES string of the molecule is COc1ccc(OC)c(S(=O)(=O)N2CSCC2C(=O)NC(C)(C)C)c1. The molecule has 1 N–H and O–H groups in total. The van der Waals surface area contributed by atoms with E-state index < -0.39 is 21.6 Å². The molecule has 25 heavy (non-hydrogen) atoms. The van der Waals surface area contributed by atoms with E-state index in [1.165, 1.54) is 36.4 Å². The highest BCUT2D eigenvalue weighted by Gasteiger charge is 2.42. The van der Waals surface area contributed by atoms with E-state index in [0.29, 0.717) is 11.5 Å². The average molecular weight is 389 g/mol. The van der Waals surface area contributed by atoms with Gasteiger partial charge >= 0.3 is 0 Å². The van der Waals surface area contributed by atoms with Crippen molar-refractivity contribution in [1.29, 1.82) is 0 Å². The molecule has 1 aromatic carbocycles. The molecule has 0 radical (unpaired) electrons. The maximum Gasteiger partial charge on any atom is 0.248 e. The van der Waals surface area contributed by atoms with Gasteiger partial charge in [-0.1, -0.05) is 0 Å². The van der Waals surface area contributed by atoms with E-state index in [2.05, 4.69) is 5.32 Å². The highest BCUT2D eigenvalue weighted by Crippen LogP contribution is 2.35. The fourth-order valence-electron chi connectivity index (χ4n) is 2.44. The predicted molar refractivity (Wildman–Crippen MR) is 97.6 cm³/mol. The van der Waals surface area contributed by atoms with E-state index in [1.807, 2.05) is 20.8 Å². The molecule has 7 nitrogen and oxygen atoms in total. The van der Waals surface area contributed by atoms with Crippen LogP contribution < -0.4 is 14.8 Å². The van der Waals surface area contributed by atoms with Crippen LogP contribution >= 0.6 is 11.8 Å². The summed E-state index contributed by atoms with van der Waals surface area (Å²) in [6, 6.07) is 3.82. The third-order valence-corrected chi connectivity index (χ3v) is 6.65. The monoisotopic (exact) mass is 388 g/mol. The highest BCUT2D eigenvalue weighted by atomic mass is 32.2. The number of methoxy groups -OCH3 is 2. The first-order chi connectivity index (χ1) is 11.6. The topological polar surface area (TPSA) is 84.9 Å². The zero-order valence-electron chi connectivity index (χ0n) is 15.0. The standard InChI is InChI=1S/C16H24N2O5S2/c1-16(2,3)17-15(19)12-9-24-10-18(12)25(20,21)14-8-11(22-4)6-7-13(14)23-5/h6-8,12H,9-10H2,1-5H3,(H,17,19). The number of rotatable bonds is 5. The summed E-state index contributed by atoms with van der Waals surface area (Å²) >= 11 is 1.40. The Bertz CT molecular complexity index is 743. The first-order valence-corrected chi connectivity index (χ1v) is 10.3. The van der Waals surface area contributed by atoms with Crippen LogP contribution in [-0.2, 0) is 14.8 Å². The molecule has 1 amide bonds. The first kappa shape index (κ1) is 19.9. The Balaban J connectivity index is 2.40. The van der Waals surface area contributed by atoms with Gasteiger partial charge in [-0.15, -0.1) is 11.8 Å². The second-order valence-electron chi connectivity index (χ2n) is 6.66. The summed E-state index contributed by atoms with van der Waals surface area (Å²) in [6.45, 7) is 5.57. The van der Waals surface area contributed by atoms with Gasteiger partial charge in [-0.3, -0.25) is 4.79 Å². The fourth-order valence-corrected chi connectivity index (χ4v) is 5.76. The summed E-state index contributed by atoms with van der Waals surface area (Å²) in [5, 5.41) is 2.85. The van der Waals surface area contributed by atoms with Crippen LogP contribution in [-0.4, -0.2) is 56.1 Å². The van der Waals surface area contributed by atoms with Gasteiger partial charge in [-0.25, -0.2) is 8.42 Å². The Hall–Kier alpha value is -1.45. The first-order valence-electron chi connectivity index (χ1n) is 7.74. The molecule has 1 aromatic rings. The average Bonchev–Trinajstić information content (AvgIpc) is 3.03. The Morgan fingerprint density at radius 2 is 1.96 bits per heavy atom. The zero-order chi connectivity index (χ0) is 18.8. The van der Waals surface area contributed by atoms with Crippen LogP contribution in [0.15, 0.2) is 23.1 Å². The molecule has 1 saturated heterocycles. The van der Waals surface area contributed by atoms with E-state index in [1.54, 1.807) is 12.1 Å². The lowest BCUT2D eigenvalue weighted by Crippen LogP contribution is -2.52. The van der Waals surface area contributed by atoms with E-state index in [4.69, 9.17) is 9.47 Å². The molecule has 1 unspecified atom stereocenters. The molecular weight excluding hydrogens is 364 g/mol. The van der Waals surface area contributed by atoms with E-state index in [0.717, 1.165) is 0 Å². The molecule has 1 atom stereocenters. The third-order valence-electron chi connectivity index (χ3n) is 3.60. The van der Waals surface area contributed by atoms with E-state index >= 15 is 0 Å². The molecule has 1 heterocycles. The normalized spacial score (nSPS) is 18.8. The lowest BCUT2D eigenvalue weighted by Gasteiger charge is -2.27. The summed E-state index contributed by atoms with van der Waals surface area (Å²) in [4.78, 5) is 12.5. The summed E-state index contributed by atoms with van der Waals surface area (Å²) in [6.07, 6.45) is 0. The number of carbonyl (C=O) groups is 1. The molecule has 1 aliphatic heterocycles. The van der Waals surface area contributed by atoms with E-state index in [9.17, 15) is 13.2 Å². The van der Waals surface area contributed by atoms with Crippen LogP contribution in [0.25, 0.3) is 0 Å². The molecule has 0 bridgehead atoms. The van der Waals surface area contributed by atoms with Gasteiger partial charge in [-0.2, -0.15) is 4.31 Å².